The summed E-state index contributed by atoms with van der Waals surface area (Å²) < 4.78 is 7.25. The summed E-state index contributed by atoms with van der Waals surface area (Å²) in [6.45, 7) is 8.43. The third kappa shape index (κ3) is 2.61. The Balaban J connectivity index is 2.34. The first-order valence-electron chi connectivity index (χ1n) is 5.67. The van der Waals surface area contributed by atoms with Crippen molar-refractivity contribution in [2.45, 2.75) is 43.8 Å². The molecular weight excluding hydrogens is 296 g/mol. The molecule has 1 heterocycles. The molecule has 2 rings (SSSR count). The average Bonchev–Trinajstić information content (AvgIpc) is 2.38. The smallest absolute Gasteiger partial charge is 0.0960 e. The van der Waals surface area contributed by atoms with Gasteiger partial charge in [0.15, 0.2) is 0 Å². The van der Waals surface area contributed by atoms with Crippen LogP contribution in [0.25, 0.3) is 0 Å². The summed E-state index contributed by atoms with van der Waals surface area (Å²) in [4.78, 5) is 2.50. The number of benzene rings is 1. The van der Waals surface area contributed by atoms with Gasteiger partial charge in [0.25, 0.3) is 0 Å². The predicted molar refractivity (Wildman–Crippen MR) is 77.5 cm³/mol. The summed E-state index contributed by atoms with van der Waals surface area (Å²) in [6, 6.07) is 10.4. The van der Waals surface area contributed by atoms with Gasteiger partial charge in [-0.2, -0.15) is 0 Å². The van der Waals surface area contributed by atoms with Crippen molar-refractivity contribution in [1.82, 2.24) is 0 Å². The highest BCUT2D eigenvalue weighted by molar-refractivity contribution is 9.11. The summed E-state index contributed by atoms with van der Waals surface area (Å²) in [5.74, 6) is 0. The van der Waals surface area contributed by atoms with E-state index in [1.807, 2.05) is 6.07 Å². The molecule has 1 nitrogen and oxygen atoms in total. The van der Waals surface area contributed by atoms with Crippen LogP contribution in [-0.4, -0.2) is 11.2 Å². The zero-order valence-electron chi connectivity index (χ0n) is 10.6. The maximum absolute atomic E-state index is 6.09. The van der Waals surface area contributed by atoms with Crippen LogP contribution in [-0.2, 0) is 4.74 Å². The van der Waals surface area contributed by atoms with Crippen molar-refractivity contribution < 1.29 is 4.74 Å². The molecule has 3 heteroatoms. The Morgan fingerprint density at radius 3 is 2.06 bits per heavy atom. The van der Waals surface area contributed by atoms with Gasteiger partial charge in [0.05, 0.1) is 11.2 Å². The molecule has 17 heavy (non-hydrogen) atoms. The second-order valence-corrected chi connectivity index (χ2v) is 7.06. The lowest BCUT2D eigenvalue weighted by Crippen LogP contribution is -2.29. The first kappa shape index (κ1) is 13.2. The highest BCUT2D eigenvalue weighted by Gasteiger charge is 2.44. The third-order valence-electron chi connectivity index (χ3n) is 2.75. The van der Waals surface area contributed by atoms with Crippen LogP contribution in [0.3, 0.4) is 0 Å². The standard InChI is InChI=1S/C14H17BrOS/c1-13(2)11(15)12(14(3,4)16-13)17-10-8-6-5-7-9-10/h5-9H,1-4H3. The Morgan fingerprint density at radius 1 is 1.00 bits per heavy atom. The van der Waals surface area contributed by atoms with Gasteiger partial charge in [-0.15, -0.1) is 0 Å². The molecular formula is C14H17BrOS. The zero-order chi connectivity index (χ0) is 12.7. The summed E-state index contributed by atoms with van der Waals surface area (Å²) in [5, 5.41) is 0. The molecule has 0 fully saturated rings. The molecule has 0 atom stereocenters. The molecule has 1 aliphatic rings. The van der Waals surface area contributed by atoms with Gasteiger partial charge in [-0.25, -0.2) is 0 Å². The Labute approximate surface area is 116 Å². The largest absolute Gasteiger partial charge is 0.359 e. The Hall–Kier alpha value is -0.250. The van der Waals surface area contributed by atoms with Crippen molar-refractivity contribution in [1.29, 1.82) is 0 Å². The number of hydrogen-bond acceptors (Lipinski definition) is 2. The van der Waals surface area contributed by atoms with Crippen LogP contribution in [0.5, 0.6) is 0 Å². The first-order valence-corrected chi connectivity index (χ1v) is 7.28. The summed E-state index contributed by atoms with van der Waals surface area (Å²) in [5.41, 5.74) is -0.469. The number of halogens is 1. The van der Waals surface area contributed by atoms with Crippen LogP contribution in [0.1, 0.15) is 27.7 Å². The van der Waals surface area contributed by atoms with Crippen molar-refractivity contribution in [3.05, 3.63) is 39.7 Å². The number of thioether (sulfide) groups is 1. The van der Waals surface area contributed by atoms with E-state index in [1.165, 1.54) is 9.80 Å². The normalized spacial score (nSPS) is 21.9. The molecule has 92 valence electrons. The van der Waals surface area contributed by atoms with Crippen molar-refractivity contribution in [3.8, 4) is 0 Å². The van der Waals surface area contributed by atoms with E-state index in [1.54, 1.807) is 11.8 Å². The van der Waals surface area contributed by atoms with Crippen molar-refractivity contribution in [3.63, 3.8) is 0 Å². The number of rotatable bonds is 2. The fraction of sp³-hybridized carbons (Fsp3) is 0.429. The van der Waals surface area contributed by atoms with E-state index in [-0.39, 0.29) is 11.2 Å². The lowest BCUT2D eigenvalue weighted by molar-refractivity contribution is -0.0506. The molecule has 0 N–H and O–H groups in total. The molecule has 0 saturated heterocycles. The topological polar surface area (TPSA) is 9.23 Å². The molecule has 0 radical (unpaired) electrons. The lowest BCUT2D eigenvalue weighted by Gasteiger charge is -2.26. The molecule has 0 saturated carbocycles. The minimum atomic E-state index is -0.236. The highest BCUT2D eigenvalue weighted by Crippen LogP contribution is 2.51. The summed E-state index contributed by atoms with van der Waals surface area (Å²) in [6.07, 6.45) is 0. The molecule has 0 bridgehead atoms. The van der Waals surface area contributed by atoms with Crippen LogP contribution in [0.2, 0.25) is 0 Å². The van der Waals surface area contributed by atoms with Gasteiger partial charge in [-0.3, -0.25) is 0 Å². The van der Waals surface area contributed by atoms with E-state index < -0.39 is 0 Å². The Bertz CT molecular complexity index is 449. The molecule has 0 aliphatic carbocycles. The highest BCUT2D eigenvalue weighted by atomic mass is 79.9. The monoisotopic (exact) mass is 312 g/mol. The third-order valence-corrected chi connectivity index (χ3v) is 5.77. The second-order valence-electron chi connectivity index (χ2n) is 5.18. The minimum Gasteiger partial charge on any atom is -0.359 e. The van der Waals surface area contributed by atoms with E-state index in [2.05, 4.69) is 67.9 Å². The van der Waals surface area contributed by atoms with E-state index in [4.69, 9.17) is 4.74 Å². The van der Waals surface area contributed by atoms with E-state index in [0.717, 1.165) is 4.48 Å². The fourth-order valence-electron chi connectivity index (χ4n) is 2.04. The number of hydrogen-bond donors (Lipinski definition) is 0. The maximum atomic E-state index is 6.09. The molecule has 0 spiro atoms. The first-order chi connectivity index (χ1) is 7.83. The molecule has 1 aromatic carbocycles. The maximum Gasteiger partial charge on any atom is 0.0960 e. The summed E-state index contributed by atoms with van der Waals surface area (Å²) in [7, 11) is 0. The minimum absolute atomic E-state index is 0.233. The van der Waals surface area contributed by atoms with Gasteiger partial charge in [0, 0.05) is 14.3 Å². The SMILES string of the molecule is CC1(C)OC(C)(C)C(Sc2ccccc2)=C1Br. The van der Waals surface area contributed by atoms with E-state index >= 15 is 0 Å². The van der Waals surface area contributed by atoms with Crippen molar-refractivity contribution in [2.24, 2.45) is 0 Å². The fourth-order valence-corrected chi connectivity index (χ4v) is 3.99. The van der Waals surface area contributed by atoms with Gasteiger partial charge in [0.1, 0.15) is 0 Å². The van der Waals surface area contributed by atoms with Crippen molar-refractivity contribution >= 4 is 27.7 Å². The quantitative estimate of drug-likeness (QED) is 0.762. The van der Waals surface area contributed by atoms with E-state index in [0.29, 0.717) is 0 Å². The van der Waals surface area contributed by atoms with Gasteiger partial charge >= 0.3 is 0 Å². The number of ether oxygens (including phenoxy) is 1. The van der Waals surface area contributed by atoms with E-state index in [9.17, 15) is 0 Å². The zero-order valence-corrected chi connectivity index (χ0v) is 13.0. The molecule has 0 aromatic heterocycles. The van der Waals surface area contributed by atoms with Gasteiger partial charge in [-0.1, -0.05) is 45.9 Å². The molecule has 1 aliphatic heterocycles. The van der Waals surface area contributed by atoms with Crippen LogP contribution in [0.4, 0.5) is 0 Å². The van der Waals surface area contributed by atoms with Crippen molar-refractivity contribution in [2.75, 3.05) is 0 Å². The molecule has 0 unspecified atom stereocenters. The molecule has 0 amide bonds. The van der Waals surface area contributed by atoms with Gasteiger partial charge in [0.2, 0.25) is 0 Å². The molecule has 1 aromatic rings. The Morgan fingerprint density at radius 2 is 1.59 bits per heavy atom. The average molecular weight is 313 g/mol. The van der Waals surface area contributed by atoms with Crippen LogP contribution in [0.15, 0.2) is 44.6 Å². The van der Waals surface area contributed by atoms with Gasteiger partial charge in [-0.05, 0) is 39.8 Å². The summed E-state index contributed by atoms with van der Waals surface area (Å²) >= 11 is 5.47. The second kappa shape index (κ2) is 4.45. The lowest BCUT2D eigenvalue weighted by atomic mass is 10.1. The van der Waals surface area contributed by atoms with Crippen LogP contribution in [0, 0.1) is 0 Å². The Kier molecular flexibility index (Phi) is 3.45. The predicted octanol–water partition coefficient (Wildman–Crippen LogP) is 4.97. The van der Waals surface area contributed by atoms with Crippen LogP contribution >= 0.6 is 27.7 Å². The van der Waals surface area contributed by atoms with Crippen LogP contribution < -0.4 is 0 Å². The van der Waals surface area contributed by atoms with Gasteiger partial charge < -0.3 is 4.74 Å².